The molecule has 0 aliphatic rings. The highest BCUT2D eigenvalue weighted by Gasteiger charge is 2.11. The van der Waals surface area contributed by atoms with E-state index in [1.54, 1.807) is 18.3 Å². The van der Waals surface area contributed by atoms with Gasteiger partial charge in [0, 0.05) is 23.3 Å². The summed E-state index contributed by atoms with van der Waals surface area (Å²) in [5, 5.41) is 11.8. The van der Waals surface area contributed by atoms with Crippen LogP contribution in [0, 0.1) is 11.3 Å². The number of hydrogen-bond donors (Lipinski definition) is 4. The van der Waals surface area contributed by atoms with Crippen LogP contribution in [0.3, 0.4) is 0 Å². The van der Waals surface area contributed by atoms with Crippen molar-refractivity contribution in [1.82, 2.24) is 9.97 Å². The smallest absolute Gasteiger partial charge is 0.316 e. The van der Waals surface area contributed by atoms with Gasteiger partial charge in [-0.15, -0.1) is 0 Å². The molecule has 0 spiro atoms. The average Bonchev–Trinajstić information content (AvgIpc) is 2.79. The Kier molecular flexibility index (Phi) is 3.35. The normalized spacial score (nSPS) is 11.1. The summed E-state index contributed by atoms with van der Waals surface area (Å²) in [6.45, 7) is 0. The molecule has 0 atom stereocenters. The molecule has 0 radical (unpaired) electrons. The standard InChI is InChI=1S/C12H10N6O2/c13-4-6(10(14)19)3-7-5-17-11-9(7)8(1-2-16-11)18-12(15)20/h1-3,5H,(H2,14,19)(H4,15,16,17,18,20). The Hall–Kier alpha value is -3.34. The van der Waals surface area contributed by atoms with E-state index in [9.17, 15) is 9.59 Å². The maximum Gasteiger partial charge on any atom is 0.316 e. The Morgan fingerprint density at radius 2 is 2.20 bits per heavy atom. The lowest BCUT2D eigenvalue weighted by atomic mass is 10.1. The molecule has 0 aliphatic heterocycles. The number of aromatic nitrogens is 2. The van der Waals surface area contributed by atoms with Crippen LogP contribution in [0.4, 0.5) is 10.5 Å². The van der Waals surface area contributed by atoms with Crippen LogP contribution in [0.1, 0.15) is 5.56 Å². The van der Waals surface area contributed by atoms with Crippen LogP contribution < -0.4 is 16.8 Å². The third-order valence-electron chi connectivity index (χ3n) is 2.55. The monoisotopic (exact) mass is 270 g/mol. The van der Waals surface area contributed by atoms with E-state index in [4.69, 9.17) is 16.7 Å². The first-order valence-corrected chi connectivity index (χ1v) is 5.47. The van der Waals surface area contributed by atoms with E-state index in [-0.39, 0.29) is 5.57 Å². The maximum atomic E-state index is 11.1. The molecule has 6 N–H and O–H groups in total. The van der Waals surface area contributed by atoms with Gasteiger partial charge in [0.05, 0.1) is 5.69 Å². The fraction of sp³-hybridized carbons (Fsp3) is 0. The molecule has 0 unspecified atom stereocenters. The van der Waals surface area contributed by atoms with E-state index in [1.165, 1.54) is 12.3 Å². The number of H-pyrrole nitrogens is 1. The molecule has 2 rings (SSSR count). The van der Waals surface area contributed by atoms with E-state index >= 15 is 0 Å². The minimum absolute atomic E-state index is 0.209. The van der Waals surface area contributed by atoms with Crippen LogP contribution in [0.5, 0.6) is 0 Å². The second kappa shape index (κ2) is 5.11. The molecule has 20 heavy (non-hydrogen) atoms. The Morgan fingerprint density at radius 3 is 2.80 bits per heavy atom. The zero-order valence-corrected chi connectivity index (χ0v) is 10.2. The lowest BCUT2D eigenvalue weighted by Crippen LogP contribution is -2.19. The number of carbonyl (C=O) groups is 2. The van der Waals surface area contributed by atoms with Crippen molar-refractivity contribution in [3.8, 4) is 6.07 Å². The fourth-order valence-corrected chi connectivity index (χ4v) is 1.75. The topological polar surface area (TPSA) is 151 Å². The van der Waals surface area contributed by atoms with E-state index in [0.29, 0.717) is 22.3 Å². The number of carbonyl (C=O) groups excluding carboxylic acids is 2. The number of primary amides is 2. The Labute approximate surface area is 113 Å². The molecule has 0 bridgehead atoms. The molecule has 2 heterocycles. The van der Waals surface area contributed by atoms with Crippen LogP contribution >= 0.6 is 0 Å². The number of fused-ring (bicyclic) bond motifs is 1. The Balaban J connectivity index is 2.64. The van der Waals surface area contributed by atoms with E-state index in [1.807, 2.05) is 0 Å². The third-order valence-corrected chi connectivity index (χ3v) is 2.55. The van der Waals surface area contributed by atoms with Crippen molar-refractivity contribution in [3.05, 3.63) is 29.6 Å². The molecule has 0 saturated carbocycles. The number of nitrogens with two attached hydrogens (primary N) is 2. The molecule has 0 fully saturated rings. The summed E-state index contributed by atoms with van der Waals surface area (Å²) in [4.78, 5) is 29.0. The van der Waals surface area contributed by atoms with Crippen LogP contribution in [0.15, 0.2) is 24.0 Å². The van der Waals surface area contributed by atoms with Crippen LogP contribution in [0.2, 0.25) is 0 Å². The highest BCUT2D eigenvalue weighted by atomic mass is 16.2. The quantitative estimate of drug-likeness (QED) is 0.472. The predicted molar refractivity (Wildman–Crippen MR) is 72.1 cm³/mol. The van der Waals surface area contributed by atoms with Gasteiger partial charge in [0.2, 0.25) is 0 Å². The molecule has 2 aromatic rings. The number of nitriles is 1. The first-order chi connectivity index (χ1) is 9.52. The van der Waals surface area contributed by atoms with E-state index in [0.717, 1.165) is 0 Å². The number of pyridine rings is 1. The summed E-state index contributed by atoms with van der Waals surface area (Å²) in [6, 6.07) is 2.52. The van der Waals surface area contributed by atoms with Crippen LogP contribution in [0.25, 0.3) is 17.1 Å². The highest BCUT2D eigenvalue weighted by Crippen LogP contribution is 2.26. The summed E-state index contributed by atoms with van der Waals surface area (Å²) in [6.07, 6.45) is 4.34. The first kappa shape index (κ1) is 13.1. The molecule has 0 aliphatic carbocycles. The van der Waals surface area contributed by atoms with Crippen molar-refractivity contribution in [1.29, 1.82) is 5.26 Å². The van der Waals surface area contributed by atoms with Crippen molar-refractivity contribution in [2.45, 2.75) is 0 Å². The molecule has 8 nitrogen and oxygen atoms in total. The van der Waals surface area contributed by atoms with Gasteiger partial charge < -0.3 is 21.8 Å². The highest BCUT2D eigenvalue weighted by molar-refractivity contribution is 6.06. The van der Waals surface area contributed by atoms with E-state index in [2.05, 4.69) is 15.3 Å². The fourth-order valence-electron chi connectivity index (χ4n) is 1.75. The van der Waals surface area contributed by atoms with Gasteiger partial charge in [-0.2, -0.15) is 5.26 Å². The largest absolute Gasteiger partial charge is 0.365 e. The van der Waals surface area contributed by atoms with Crippen molar-refractivity contribution >= 4 is 34.7 Å². The molecule has 2 aromatic heterocycles. The summed E-state index contributed by atoms with van der Waals surface area (Å²) in [7, 11) is 0. The molecular formula is C12H10N6O2. The van der Waals surface area contributed by atoms with Crippen LogP contribution in [-0.4, -0.2) is 21.9 Å². The number of rotatable bonds is 3. The van der Waals surface area contributed by atoms with Gasteiger partial charge >= 0.3 is 6.03 Å². The number of nitrogens with one attached hydrogen (secondary N) is 2. The maximum absolute atomic E-state index is 11.1. The number of amides is 3. The second-order valence-corrected chi connectivity index (χ2v) is 3.85. The first-order valence-electron chi connectivity index (χ1n) is 5.47. The molecule has 8 heteroatoms. The molecular weight excluding hydrogens is 260 g/mol. The van der Waals surface area contributed by atoms with Gasteiger partial charge in [0.1, 0.15) is 17.3 Å². The summed E-state index contributed by atoms with van der Waals surface area (Å²) < 4.78 is 0. The van der Waals surface area contributed by atoms with Gasteiger partial charge in [-0.3, -0.25) is 4.79 Å². The Morgan fingerprint density at radius 1 is 1.45 bits per heavy atom. The number of aromatic amines is 1. The second-order valence-electron chi connectivity index (χ2n) is 3.85. The van der Waals surface area contributed by atoms with Gasteiger partial charge in [-0.05, 0) is 12.1 Å². The van der Waals surface area contributed by atoms with Gasteiger partial charge in [0.15, 0.2) is 0 Å². The van der Waals surface area contributed by atoms with Crippen molar-refractivity contribution < 1.29 is 9.59 Å². The Bertz CT molecular complexity index is 768. The van der Waals surface area contributed by atoms with Crippen molar-refractivity contribution in [3.63, 3.8) is 0 Å². The molecule has 3 amide bonds. The van der Waals surface area contributed by atoms with Crippen molar-refractivity contribution in [2.24, 2.45) is 11.5 Å². The van der Waals surface area contributed by atoms with E-state index < -0.39 is 11.9 Å². The third kappa shape index (κ3) is 2.41. The summed E-state index contributed by atoms with van der Waals surface area (Å²) in [5.74, 6) is -0.838. The lowest BCUT2D eigenvalue weighted by Gasteiger charge is -2.04. The molecule has 0 saturated heterocycles. The number of hydrogen-bond acceptors (Lipinski definition) is 4. The predicted octanol–water partition coefficient (Wildman–Crippen LogP) is 0.446. The summed E-state index contributed by atoms with van der Waals surface area (Å²) >= 11 is 0. The lowest BCUT2D eigenvalue weighted by molar-refractivity contribution is -0.114. The van der Waals surface area contributed by atoms with Gasteiger partial charge in [0.25, 0.3) is 5.91 Å². The number of anilines is 1. The molecule has 0 aromatic carbocycles. The SMILES string of the molecule is N#CC(=Cc1c[nH]c2nccc(NC(N)=O)c12)C(N)=O. The van der Waals surface area contributed by atoms with Gasteiger partial charge in [-0.25, -0.2) is 9.78 Å². The minimum Gasteiger partial charge on any atom is -0.365 e. The number of nitrogens with zero attached hydrogens (tertiary/aromatic N) is 2. The summed E-state index contributed by atoms with van der Waals surface area (Å²) in [5.41, 5.74) is 11.3. The number of urea groups is 1. The minimum atomic E-state index is -0.838. The molecule has 100 valence electrons. The van der Waals surface area contributed by atoms with Gasteiger partial charge in [-0.1, -0.05) is 0 Å². The zero-order valence-electron chi connectivity index (χ0n) is 10.2. The van der Waals surface area contributed by atoms with Crippen molar-refractivity contribution in [2.75, 3.05) is 5.32 Å². The van der Waals surface area contributed by atoms with Crippen LogP contribution in [-0.2, 0) is 4.79 Å². The average molecular weight is 270 g/mol. The zero-order chi connectivity index (χ0) is 14.7.